The average Bonchev–Trinajstić information content (AvgIpc) is 2.68. The van der Waals surface area contributed by atoms with Gasteiger partial charge in [0.05, 0.1) is 23.2 Å². The molecule has 0 aromatic carbocycles. The summed E-state index contributed by atoms with van der Waals surface area (Å²) >= 11 is 0. The van der Waals surface area contributed by atoms with E-state index in [0.29, 0.717) is 6.42 Å². The van der Waals surface area contributed by atoms with E-state index in [0.717, 1.165) is 18.4 Å². The van der Waals surface area contributed by atoms with Gasteiger partial charge in [-0.2, -0.15) is 5.10 Å². The van der Waals surface area contributed by atoms with Crippen LogP contribution in [-0.4, -0.2) is 29.2 Å². The molecule has 1 aromatic rings. The lowest BCUT2D eigenvalue weighted by molar-refractivity contribution is 0.453. The highest BCUT2D eigenvalue weighted by molar-refractivity contribution is 7.92. The van der Waals surface area contributed by atoms with E-state index in [4.69, 9.17) is 5.84 Å². The number of hydrazine groups is 1. The third-order valence-corrected chi connectivity index (χ3v) is 5.55. The number of sulfone groups is 1. The molecule has 96 valence electrons. The van der Waals surface area contributed by atoms with Crippen LogP contribution in [0.2, 0.25) is 0 Å². The molecule has 17 heavy (non-hydrogen) atoms. The molecule has 1 saturated heterocycles. The summed E-state index contributed by atoms with van der Waals surface area (Å²) in [4.78, 5) is 0. The van der Waals surface area contributed by atoms with E-state index in [1.807, 2.05) is 0 Å². The summed E-state index contributed by atoms with van der Waals surface area (Å²) in [6, 6.07) is -0.367. The summed E-state index contributed by atoms with van der Waals surface area (Å²) in [5, 5.41) is 3.61. The second kappa shape index (κ2) is 4.75. The molecule has 1 fully saturated rings. The molecule has 7 heteroatoms. The lowest BCUT2D eigenvalue weighted by Crippen LogP contribution is -2.43. The van der Waals surface area contributed by atoms with Gasteiger partial charge in [0.15, 0.2) is 9.84 Å². The van der Waals surface area contributed by atoms with Crippen molar-refractivity contribution < 1.29 is 8.42 Å². The molecule has 2 rings (SSSR count). The van der Waals surface area contributed by atoms with Gasteiger partial charge in [-0.05, 0) is 12.8 Å². The van der Waals surface area contributed by atoms with E-state index in [-0.39, 0.29) is 11.8 Å². The fourth-order valence-corrected chi connectivity index (χ4v) is 4.46. The molecule has 2 unspecified atom stereocenters. The van der Waals surface area contributed by atoms with Crippen LogP contribution in [0.15, 0.2) is 12.4 Å². The van der Waals surface area contributed by atoms with Crippen molar-refractivity contribution in [3.8, 4) is 0 Å². The van der Waals surface area contributed by atoms with Gasteiger partial charge in [0.2, 0.25) is 0 Å². The second-order valence-electron chi connectivity index (χ2n) is 4.49. The molecular formula is C10H18N4O2S. The third-order valence-electron chi connectivity index (χ3n) is 3.26. The molecule has 6 nitrogen and oxygen atoms in total. The molecule has 0 saturated carbocycles. The van der Waals surface area contributed by atoms with E-state index in [9.17, 15) is 8.42 Å². The van der Waals surface area contributed by atoms with Crippen LogP contribution in [0.5, 0.6) is 0 Å². The van der Waals surface area contributed by atoms with Crippen LogP contribution in [-0.2, 0) is 16.9 Å². The minimum absolute atomic E-state index is 0.260. The van der Waals surface area contributed by atoms with Gasteiger partial charge in [-0.3, -0.25) is 16.0 Å². The van der Waals surface area contributed by atoms with Crippen molar-refractivity contribution in [3.05, 3.63) is 18.0 Å². The van der Waals surface area contributed by atoms with Gasteiger partial charge < -0.3 is 0 Å². The molecule has 1 aromatic heterocycles. The van der Waals surface area contributed by atoms with Crippen molar-refractivity contribution >= 4 is 9.84 Å². The Morgan fingerprint density at radius 2 is 2.35 bits per heavy atom. The maximum absolute atomic E-state index is 12.0. The highest BCUT2D eigenvalue weighted by Gasteiger charge is 2.36. The maximum atomic E-state index is 12.0. The van der Waals surface area contributed by atoms with Crippen LogP contribution in [0.4, 0.5) is 0 Å². The van der Waals surface area contributed by atoms with E-state index < -0.39 is 15.1 Å². The number of aryl methyl sites for hydroxylation is 1. The van der Waals surface area contributed by atoms with Crippen LogP contribution in [0, 0.1) is 0 Å². The first-order valence-corrected chi connectivity index (χ1v) is 7.42. The molecule has 0 radical (unpaired) electrons. The summed E-state index contributed by atoms with van der Waals surface area (Å²) in [6.07, 6.45) is 5.81. The summed E-state index contributed by atoms with van der Waals surface area (Å²) < 4.78 is 25.7. The Kier molecular flexibility index (Phi) is 3.50. The van der Waals surface area contributed by atoms with Crippen LogP contribution in [0.25, 0.3) is 0 Å². The zero-order valence-corrected chi connectivity index (χ0v) is 10.7. The predicted octanol–water partition coefficient (Wildman–Crippen LogP) is -0.108. The zero-order valence-electron chi connectivity index (χ0n) is 9.83. The van der Waals surface area contributed by atoms with Crippen LogP contribution in [0.3, 0.4) is 0 Å². The van der Waals surface area contributed by atoms with Gasteiger partial charge in [0.1, 0.15) is 0 Å². The fraction of sp³-hybridized carbons (Fsp3) is 0.700. The van der Waals surface area contributed by atoms with Crippen molar-refractivity contribution in [2.45, 2.75) is 30.6 Å². The first-order valence-electron chi connectivity index (χ1n) is 5.71. The van der Waals surface area contributed by atoms with Gasteiger partial charge in [0.25, 0.3) is 0 Å². The molecule has 2 heterocycles. The Labute approximate surface area is 101 Å². The standard InChI is InChI=1S/C10H18N4O2S/c1-14-7-8(6-12-14)10(13-11)9-4-2-3-5-17(9,15)16/h6-7,9-10,13H,2-5,11H2,1H3. The van der Waals surface area contributed by atoms with Crippen LogP contribution >= 0.6 is 0 Å². The number of aromatic nitrogens is 2. The summed E-state index contributed by atoms with van der Waals surface area (Å²) in [5.41, 5.74) is 3.45. The second-order valence-corrected chi connectivity index (χ2v) is 6.83. The molecule has 1 aliphatic rings. The SMILES string of the molecule is Cn1cc(C(NN)C2CCCCS2(=O)=O)cn1. The summed E-state index contributed by atoms with van der Waals surface area (Å²) in [5.74, 6) is 5.77. The number of hydrogen-bond donors (Lipinski definition) is 2. The van der Waals surface area contributed by atoms with Crippen molar-refractivity contribution in [1.82, 2.24) is 15.2 Å². The monoisotopic (exact) mass is 258 g/mol. The van der Waals surface area contributed by atoms with E-state index in [1.54, 1.807) is 24.1 Å². The Morgan fingerprint density at radius 3 is 2.88 bits per heavy atom. The van der Waals surface area contributed by atoms with Crippen molar-refractivity contribution in [2.75, 3.05) is 5.75 Å². The summed E-state index contributed by atoms with van der Waals surface area (Å²) in [6.45, 7) is 0. The minimum atomic E-state index is -3.05. The smallest absolute Gasteiger partial charge is 0.155 e. The van der Waals surface area contributed by atoms with Gasteiger partial charge in [-0.15, -0.1) is 0 Å². The predicted molar refractivity (Wildman–Crippen MR) is 64.7 cm³/mol. The number of hydrogen-bond acceptors (Lipinski definition) is 5. The van der Waals surface area contributed by atoms with E-state index in [2.05, 4.69) is 10.5 Å². The third kappa shape index (κ3) is 2.51. The molecule has 0 spiro atoms. The quantitative estimate of drug-likeness (QED) is 0.583. The van der Waals surface area contributed by atoms with Crippen molar-refractivity contribution in [1.29, 1.82) is 0 Å². The molecular weight excluding hydrogens is 240 g/mol. The molecule has 0 aliphatic carbocycles. The largest absolute Gasteiger partial charge is 0.275 e. The Balaban J connectivity index is 2.29. The Bertz CT molecular complexity index is 482. The number of nitrogens with two attached hydrogens (primary N) is 1. The Morgan fingerprint density at radius 1 is 1.59 bits per heavy atom. The van der Waals surface area contributed by atoms with Gasteiger partial charge in [0, 0.05) is 18.8 Å². The molecule has 3 N–H and O–H groups in total. The van der Waals surface area contributed by atoms with Crippen molar-refractivity contribution in [3.63, 3.8) is 0 Å². The van der Waals surface area contributed by atoms with Crippen LogP contribution in [0.1, 0.15) is 30.9 Å². The number of rotatable bonds is 3. The lowest BCUT2D eigenvalue weighted by Gasteiger charge is -2.28. The number of nitrogens with one attached hydrogen (secondary N) is 1. The van der Waals surface area contributed by atoms with E-state index >= 15 is 0 Å². The van der Waals surface area contributed by atoms with Gasteiger partial charge in [-0.25, -0.2) is 8.42 Å². The highest BCUT2D eigenvalue weighted by Crippen LogP contribution is 2.29. The fourth-order valence-electron chi connectivity index (χ4n) is 2.37. The topological polar surface area (TPSA) is 90.0 Å². The van der Waals surface area contributed by atoms with Crippen molar-refractivity contribution in [2.24, 2.45) is 12.9 Å². The van der Waals surface area contributed by atoms with Crippen LogP contribution < -0.4 is 11.3 Å². The Hall–Kier alpha value is -0.920. The minimum Gasteiger partial charge on any atom is -0.275 e. The van der Waals surface area contributed by atoms with E-state index in [1.165, 1.54) is 0 Å². The zero-order chi connectivity index (χ0) is 12.5. The lowest BCUT2D eigenvalue weighted by atomic mass is 10.0. The normalized spacial score (nSPS) is 25.6. The highest BCUT2D eigenvalue weighted by atomic mass is 32.2. The first-order chi connectivity index (χ1) is 8.04. The average molecular weight is 258 g/mol. The van der Waals surface area contributed by atoms with Gasteiger partial charge >= 0.3 is 0 Å². The molecule has 1 aliphatic heterocycles. The summed E-state index contributed by atoms with van der Waals surface area (Å²) in [7, 11) is -1.26. The molecule has 2 atom stereocenters. The molecule has 0 bridgehead atoms. The molecule has 0 amide bonds. The number of nitrogens with zero attached hydrogens (tertiary/aromatic N) is 2. The first kappa shape index (κ1) is 12.5. The van der Waals surface area contributed by atoms with Gasteiger partial charge in [-0.1, -0.05) is 6.42 Å². The maximum Gasteiger partial charge on any atom is 0.155 e.